The molecular weight excluding hydrogens is 459 g/mol. The van der Waals surface area contributed by atoms with E-state index in [4.69, 9.17) is 4.74 Å². The molecule has 1 aromatic carbocycles. The first-order valence-corrected chi connectivity index (χ1v) is 11.5. The Balaban J connectivity index is 1.51. The topological polar surface area (TPSA) is 123 Å². The Kier molecular flexibility index (Phi) is 8.03. The molecule has 5 amide bonds. The predicted octanol–water partition coefficient (Wildman–Crippen LogP) is 1.03. The third-order valence-electron chi connectivity index (χ3n) is 5.57. The maximum absolute atomic E-state index is 15.0. The van der Waals surface area contributed by atoms with E-state index in [0.29, 0.717) is 50.6 Å². The monoisotopic (exact) mass is 492 g/mol. The molecule has 2 aliphatic heterocycles. The van der Waals surface area contributed by atoms with Crippen molar-refractivity contribution in [2.45, 2.75) is 39.3 Å². The summed E-state index contributed by atoms with van der Waals surface area (Å²) in [5, 5.41) is 7.89. The minimum atomic E-state index is -0.653. The van der Waals surface area contributed by atoms with E-state index < -0.39 is 17.5 Å². The number of halogens is 1. The summed E-state index contributed by atoms with van der Waals surface area (Å²) in [5.41, 5.74) is 0.170. The number of amides is 5. The molecule has 3 N–H and O–H groups in total. The minimum Gasteiger partial charge on any atom is -0.444 e. The first kappa shape index (κ1) is 26.0. The van der Waals surface area contributed by atoms with Crippen molar-refractivity contribution in [3.63, 3.8) is 0 Å². The molecule has 2 saturated heterocycles. The molecule has 0 radical (unpaired) electrons. The Bertz CT molecular complexity index is 974. The van der Waals surface area contributed by atoms with Crippen LogP contribution < -0.4 is 25.8 Å². The lowest BCUT2D eigenvalue weighted by Crippen LogP contribution is -2.51. The number of piperazine rings is 1. The second-order valence-electron chi connectivity index (χ2n) is 9.55. The van der Waals surface area contributed by atoms with Gasteiger partial charge in [0.1, 0.15) is 18.0 Å². The number of carbonyl (C=O) groups excluding carboxylic acids is 4. The lowest BCUT2D eigenvalue weighted by molar-refractivity contribution is -0.130. The standard InChI is InChI=1S/C23H33FN6O5/c1-15(31)25-12-16-14-30(21(33)27-16)17-5-6-19(18(24)11-17)28-7-9-29(10-8-28)20(32)13-26-22(34)35-23(2,3)4/h5-6,11,16H,7-10,12-14H2,1-4H3,(H,25,31)(H,26,34)(H,27,33)/t16-/m0/s1. The number of anilines is 2. The smallest absolute Gasteiger partial charge is 0.408 e. The lowest BCUT2D eigenvalue weighted by atomic mass is 10.2. The third kappa shape index (κ3) is 7.20. The number of alkyl carbamates (subject to hydrolysis) is 1. The van der Waals surface area contributed by atoms with Gasteiger partial charge in [-0.05, 0) is 39.0 Å². The molecule has 0 saturated carbocycles. The van der Waals surface area contributed by atoms with E-state index in [2.05, 4.69) is 16.0 Å². The van der Waals surface area contributed by atoms with E-state index in [0.717, 1.165) is 0 Å². The van der Waals surface area contributed by atoms with Crippen LogP contribution in [0.4, 0.5) is 25.4 Å². The van der Waals surface area contributed by atoms with Crippen LogP contribution in [0.3, 0.4) is 0 Å². The second kappa shape index (κ2) is 10.8. The maximum Gasteiger partial charge on any atom is 0.408 e. The van der Waals surface area contributed by atoms with Crippen molar-refractivity contribution in [3.05, 3.63) is 24.0 Å². The average molecular weight is 493 g/mol. The van der Waals surface area contributed by atoms with Crippen LogP contribution in [0.15, 0.2) is 18.2 Å². The Hall–Kier alpha value is -3.57. The van der Waals surface area contributed by atoms with Crippen LogP contribution in [-0.4, -0.2) is 86.3 Å². The molecule has 0 aliphatic carbocycles. The summed E-state index contributed by atoms with van der Waals surface area (Å²) in [6.07, 6.45) is -0.653. The quantitative estimate of drug-likeness (QED) is 0.545. The molecule has 0 spiro atoms. The fourth-order valence-corrected chi connectivity index (χ4v) is 3.90. The molecule has 1 atom stereocenters. The first-order valence-electron chi connectivity index (χ1n) is 11.5. The summed E-state index contributed by atoms with van der Waals surface area (Å²) < 4.78 is 20.1. The van der Waals surface area contributed by atoms with Crippen LogP contribution >= 0.6 is 0 Å². The molecular formula is C23H33FN6O5. The lowest BCUT2D eigenvalue weighted by Gasteiger charge is -2.36. The first-order chi connectivity index (χ1) is 16.4. The highest BCUT2D eigenvalue weighted by molar-refractivity contribution is 5.95. The molecule has 0 aromatic heterocycles. The number of ether oxygens (including phenoxy) is 1. The van der Waals surface area contributed by atoms with Crippen molar-refractivity contribution in [2.24, 2.45) is 0 Å². The number of urea groups is 1. The Labute approximate surface area is 203 Å². The summed E-state index contributed by atoms with van der Waals surface area (Å²) in [5.74, 6) is -0.888. The van der Waals surface area contributed by atoms with Crippen LogP contribution in [0.25, 0.3) is 0 Å². The number of nitrogens with zero attached hydrogens (tertiary/aromatic N) is 3. The van der Waals surface area contributed by atoms with E-state index in [1.165, 1.54) is 17.9 Å². The zero-order chi connectivity index (χ0) is 25.8. The van der Waals surface area contributed by atoms with Gasteiger partial charge in [-0.25, -0.2) is 14.0 Å². The van der Waals surface area contributed by atoms with Gasteiger partial charge in [0.05, 0.1) is 11.7 Å². The van der Waals surface area contributed by atoms with Crippen LogP contribution in [0.2, 0.25) is 0 Å². The zero-order valence-electron chi connectivity index (χ0n) is 20.5. The fraction of sp³-hybridized carbons (Fsp3) is 0.565. The Morgan fingerprint density at radius 3 is 2.43 bits per heavy atom. The molecule has 0 unspecified atom stereocenters. The number of benzene rings is 1. The molecule has 1 aromatic rings. The molecule has 35 heavy (non-hydrogen) atoms. The van der Waals surface area contributed by atoms with Crippen LogP contribution in [0.5, 0.6) is 0 Å². The number of hydrogen-bond donors (Lipinski definition) is 3. The van der Waals surface area contributed by atoms with Gasteiger partial charge in [0.25, 0.3) is 0 Å². The molecule has 12 heteroatoms. The number of rotatable bonds is 6. The van der Waals surface area contributed by atoms with Gasteiger partial charge in [0.2, 0.25) is 11.8 Å². The summed E-state index contributed by atoms with van der Waals surface area (Å²) >= 11 is 0. The van der Waals surface area contributed by atoms with Gasteiger partial charge < -0.3 is 30.5 Å². The minimum absolute atomic E-state index is 0.168. The third-order valence-corrected chi connectivity index (χ3v) is 5.57. The van der Waals surface area contributed by atoms with E-state index in [9.17, 15) is 23.6 Å². The normalized spacial score (nSPS) is 18.3. The molecule has 2 heterocycles. The highest BCUT2D eigenvalue weighted by Crippen LogP contribution is 2.27. The molecule has 2 aliphatic rings. The largest absolute Gasteiger partial charge is 0.444 e. The van der Waals surface area contributed by atoms with Crippen LogP contribution in [-0.2, 0) is 14.3 Å². The maximum atomic E-state index is 15.0. The van der Waals surface area contributed by atoms with Gasteiger partial charge in [0, 0.05) is 51.9 Å². The van der Waals surface area contributed by atoms with Crippen molar-refractivity contribution < 1.29 is 28.3 Å². The Morgan fingerprint density at radius 1 is 1.14 bits per heavy atom. The molecule has 11 nitrogen and oxygen atoms in total. The van der Waals surface area contributed by atoms with Gasteiger partial charge in [-0.15, -0.1) is 0 Å². The van der Waals surface area contributed by atoms with E-state index in [1.807, 2.05) is 4.90 Å². The molecule has 2 fully saturated rings. The van der Waals surface area contributed by atoms with Crippen molar-refractivity contribution in [3.8, 4) is 0 Å². The van der Waals surface area contributed by atoms with Crippen LogP contribution in [0.1, 0.15) is 27.7 Å². The molecule has 3 rings (SSSR count). The highest BCUT2D eigenvalue weighted by Gasteiger charge is 2.31. The average Bonchev–Trinajstić information content (AvgIpc) is 3.15. The van der Waals surface area contributed by atoms with Gasteiger partial charge in [0.15, 0.2) is 0 Å². The van der Waals surface area contributed by atoms with E-state index in [-0.39, 0.29) is 30.4 Å². The molecule has 0 bridgehead atoms. The van der Waals surface area contributed by atoms with Crippen molar-refractivity contribution >= 4 is 35.3 Å². The second-order valence-corrected chi connectivity index (χ2v) is 9.55. The number of nitrogens with one attached hydrogen (secondary N) is 3. The van der Waals surface area contributed by atoms with Crippen LogP contribution in [0, 0.1) is 5.82 Å². The summed E-state index contributed by atoms with van der Waals surface area (Å²) in [4.78, 5) is 52.4. The number of carbonyl (C=O) groups is 4. The molecule has 192 valence electrons. The van der Waals surface area contributed by atoms with Crippen molar-refractivity contribution in [1.82, 2.24) is 20.9 Å². The summed E-state index contributed by atoms with van der Waals surface area (Å²) in [7, 11) is 0. The van der Waals surface area contributed by atoms with E-state index >= 15 is 0 Å². The van der Waals surface area contributed by atoms with Gasteiger partial charge >= 0.3 is 12.1 Å². The van der Waals surface area contributed by atoms with Gasteiger partial charge in [-0.3, -0.25) is 14.5 Å². The zero-order valence-corrected chi connectivity index (χ0v) is 20.5. The summed E-state index contributed by atoms with van der Waals surface area (Å²) in [6, 6.07) is 4.02. The Morgan fingerprint density at radius 2 is 1.83 bits per heavy atom. The predicted molar refractivity (Wildman–Crippen MR) is 128 cm³/mol. The van der Waals surface area contributed by atoms with Crippen molar-refractivity contribution in [1.29, 1.82) is 0 Å². The van der Waals surface area contributed by atoms with Crippen molar-refractivity contribution in [2.75, 3.05) is 55.6 Å². The van der Waals surface area contributed by atoms with Gasteiger partial charge in [-0.1, -0.05) is 0 Å². The van der Waals surface area contributed by atoms with Gasteiger partial charge in [-0.2, -0.15) is 0 Å². The summed E-state index contributed by atoms with van der Waals surface area (Å²) in [6.45, 7) is 8.70. The fourth-order valence-electron chi connectivity index (χ4n) is 3.90. The number of hydrogen-bond acceptors (Lipinski definition) is 6. The van der Waals surface area contributed by atoms with E-state index in [1.54, 1.807) is 37.8 Å². The highest BCUT2D eigenvalue weighted by atomic mass is 19.1. The SMILES string of the molecule is CC(=O)NC[C@H]1CN(c2ccc(N3CCN(C(=O)CNC(=O)OC(C)(C)C)CC3)c(F)c2)C(=O)N1.